The van der Waals surface area contributed by atoms with Gasteiger partial charge in [0.1, 0.15) is 5.78 Å². The highest BCUT2D eigenvalue weighted by Crippen LogP contribution is 2.66. The van der Waals surface area contributed by atoms with Crippen LogP contribution in [0.3, 0.4) is 0 Å². The van der Waals surface area contributed by atoms with Crippen molar-refractivity contribution in [2.45, 2.75) is 53.9 Å². The van der Waals surface area contributed by atoms with Crippen LogP contribution in [0.4, 0.5) is 0 Å². The summed E-state index contributed by atoms with van der Waals surface area (Å²) in [5, 5.41) is 0. The standard InChI is InChI=1S/C14H24O/c1-9(2)8-10-11-6-7-14(5,12(10)15)13(11,3)4/h9-11H,6-8H2,1-5H3. The molecule has 2 fully saturated rings. The SMILES string of the molecule is CC(C)CC1C(=O)C2(C)CCC1C2(C)C. The van der Waals surface area contributed by atoms with E-state index < -0.39 is 0 Å². The van der Waals surface area contributed by atoms with Gasteiger partial charge in [0.05, 0.1) is 0 Å². The summed E-state index contributed by atoms with van der Waals surface area (Å²) in [5.41, 5.74) is 0.223. The highest BCUT2D eigenvalue weighted by molar-refractivity contribution is 5.91. The topological polar surface area (TPSA) is 17.1 Å². The van der Waals surface area contributed by atoms with E-state index in [1.54, 1.807) is 0 Å². The number of Topliss-reactive ketones (excluding diaryl/α,β-unsaturated/α-hetero) is 1. The predicted molar refractivity (Wildman–Crippen MR) is 62.6 cm³/mol. The van der Waals surface area contributed by atoms with Gasteiger partial charge in [0, 0.05) is 11.3 Å². The average molecular weight is 208 g/mol. The zero-order valence-electron chi connectivity index (χ0n) is 10.8. The summed E-state index contributed by atoms with van der Waals surface area (Å²) in [5.74, 6) is 2.23. The number of ketones is 1. The van der Waals surface area contributed by atoms with Crippen molar-refractivity contribution in [3.05, 3.63) is 0 Å². The molecule has 0 saturated heterocycles. The summed E-state index contributed by atoms with van der Waals surface area (Å²) in [4.78, 5) is 12.4. The van der Waals surface area contributed by atoms with Gasteiger partial charge in [0.15, 0.2) is 0 Å². The molecule has 2 aliphatic rings. The predicted octanol–water partition coefficient (Wildman–Crippen LogP) is 3.67. The molecule has 0 N–H and O–H groups in total. The molecule has 0 amide bonds. The summed E-state index contributed by atoms with van der Waals surface area (Å²) in [6, 6.07) is 0. The highest BCUT2D eigenvalue weighted by atomic mass is 16.1. The fourth-order valence-electron chi connectivity index (χ4n) is 4.05. The Morgan fingerprint density at radius 2 is 1.93 bits per heavy atom. The van der Waals surface area contributed by atoms with Crippen molar-refractivity contribution >= 4 is 5.78 Å². The average Bonchev–Trinajstić information content (AvgIpc) is 2.40. The van der Waals surface area contributed by atoms with Crippen LogP contribution in [0.25, 0.3) is 0 Å². The fourth-order valence-corrected chi connectivity index (χ4v) is 4.05. The molecule has 3 unspecified atom stereocenters. The van der Waals surface area contributed by atoms with Crippen LogP contribution in [0.15, 0.2) is 0 Å². The molecule has 0 radical (unpaired) electrons. The third kappa shape index (κ3) is 1.24. The Balaban J connectivity index is 2.30. The summed E-state index contributed by atoms with van der Waals surface area (Å²) in [7, 11) is 0. The normalized spacial score (nSPS) is 42.9. The molecule has 3 atom stereocenters. The van der Waals surface area contributed by atoms with Gasteiger partial charge in [-0.05, 0) is 36.5 Å². The van der Waals surface area contributed by atoms with Gasteiger partial charge in [-0.1, -0.05) is 34.6 Å². The van der Waals surface area contributed by atoms with Crippen molar-refractivity contribution < 1.29 is 4.79 Å². The first-order valence-corrected chi connectivity index (χ1v) is 6.35. The number of fused-ring (bicyclic) bond motifs is 2. The largest absolute Gasteiger partial charge is 0.299 e. The lowest BCUT2D eigenvalue weighted by atomic mass is 9.70. The van der Waals surface area contributed by atoms with Gasteiger partial charge >= 0.3 is 0 Å². The first-order valence-electron chi connectivity index (χ1n) is 6.35. The Labute approximate surface area is 93.6 Å². The summed E-state index contributed by atoms with van der Waals surface area (Å²) >= 11 is 0. The summed E-state index contributed by atoms with van der Waals surface area (Å²) in [6.45, 7) is 11.3. The molecular weight excluding hydrogens is 184 g/mol. The first kappa shape index (κ1) is 11.2. The molecule has 0 aromatic heterocycles. The number of hydrogen-bond donors (Lipinski definition) is 0. The molecule has 15 heavy (non-hydrogen) atoms. The van der Waals surface area contributed by atoms with E-state index >= 15 is 0 Å². The molecule has 0 aliphatic heterocycles. The second-order valence-corrected chi connectivity index (χ2v) is 6.80. The molecule has 0 aromatic rings. The maximum atomic E-state index is 12.4. The van der Waals surface area contributed by atoms with Crippen molar-refractivity contribution in [3.63, 3.8) is 0 Å². The van der Waals surface area contributed by atoms with Crippen molar-refractivity contribution in [3.8, 4) is 0 Å². The van der Waals surface area contributed by atoms with Crippen molar-refractivity contribution in [2.75, 3.05) is 0 Å². The molecular formula is C14H24O. The van der Waals surface area contributed by atoms with E-state index in [1.165, 1.54) is 6.42 Å². The number of rotatable bonds is 2. The minimum Gasteiger partial charge on any atom is -0.299 e. The smallest absolute Gasteiger partial charge is 0.142 e. The van der Waals surface area contributed by atoms with Gasteiger partial charge in [-0.2, -0.15) is 0 Å². The quantitative estimate of drug-likeness (QED) is 0.676. The van der Waals surface area contributed by atoms with Gasteiger partial charge < -0.3 is 0 Å². The van der Waals surface area contributed by atoms with Gasteiger partial charge in [0.2, 0.25) is 0 Å². The van der Waals surface area contributed by atoms with E-state index in [-0.39, 0.29) is 10.8 Å². The minimum atomic E-state index is -0.0166. The molecule has 0 aromatic carbocycles. The van der Waals surface area contributed by atoms with E-state index in [0.29, 0.717) is 23.5 Å². The molecule has 2 bridgehead atoms. The summed E-state index contributed by atoms with van der Waals surface area (Å²) < 4.78 is 0. The van der Waals surface area contributed by atoms with E-state index in [1.807, 2.05) is 0 Å². The van der Waals surface area contributed by atoms with Crippen LogP contribution in [0, 0.1) is 28.6 Å². The van der Waals surface area contributed by atoms with E-state index in [2.05, 4.69) is 34.6 Å². The maximum Gasteiger partial charge on any atom is 0.142 e. The van der Waals surface area contributed by atoms with Crippen molar-refractivity contribution in [1.29, 1.82) is 0 Å². The zero-order valence-corrected chi connectivity index (χ0v) is 10.8. The third-order valence-corrected chi connectivity index (χ3v) is 5.40. The summed E-state index contributed by atoms with van der Waals surface area (Å²) in [6.07, 6.45) is 3.49. The molecule has 0 spiro atoms. The Hall–Kier alpha value is -0.330. The minimum absolute atomic E-state index is 0.0166. The van der Waals surface area contributed by atoms with Gasteiger partial charge in [0.25, 0.3) is 0 Å². The zero-order chi connectivity index (χ0) is 11.4. The van der Waals surface area contributed by atoms with Crippen LogP contribution in [0.1, 0.15) is 53.9 Å². The van der Waals surface area contributed by atoms with Crippen LogP contribution < -0.4 is 0 Å². The van der Waals surface area contributed by atoms with Crippen LogP contribution in [0.2, 0.25) is 0 Å². The molecule has 1 nitrogen and oxygen atoms in total. The lowest BCUT2D eigenvalue weighted by molar-refractivity contribution is -0.132. The number of carbonyl (C=O) groups is 1. The Kier molecular flexibility index (Phi) is 2.30. The fraction of sp³-hybridized carbons (Fsp3) is 0.929. The van der Waals surface area contributed by atoms with E-state index in [0.717, 1.165) is 12.8 Å². The molecule has 0 heterocycles. The second kappa shape index (κ2) is 3.09. The monoisotopic (exact) mass is 208 g/mol. The molecule has 2 saturated carbocycles. The van der Waals surface area contributed by atoms with Crippen LogP contribution in [0.5, 0.6) is 0 Å². The maximum absolute atomic E-state index is 12.4. The van der Waals surface area contributed by atoms with Crippen molar-refractivity contribution in [1.82, 2.24) is 0 Å². The van der Waals surface area contributed by atoms with Gasteiger partial charge in [-0.25, -0.2) is 0 Å². The Bertz CT molecular complexity index is 290. The Morgan fingerprint density at radius 3 is 2.33 bits per heavy atom. The van der Waals surface area contributed by atoms with Gasteiger partial charge in [-0.15, -0.1) is 0 Å². The third-order valence-electron chi connectivity index (χ3n) is 5.40. The lowest BCUT2D eigenvalue weighted by Crippen LogP contribution is -2.33. The highest BCUT2D eigenvalue weighted by Gasteiger charge is 2.65. The van der Waals surface area contributed by atoms with Crippen molar-refractivity contribution in [2.24, 2.45) is 28.6 Å². The van der Waals surface area contributed by atoms with Gasteiger partial charge in [-0.3, -0.25) is 4.79 Å². The van der Waals surface area contributed by atoms with E-state index in [4.69, 9.17) is 0 Å². The molecule has 86 valence electrons. The Morgan fingerprint density at radius 1 is 1.33 bits per heavy atom. The second-order valence-electron chi connectivity index (χ2n) is 6.80. The number of carbonyl (C=O) groups excluding carboxylic acids is 1. The van der Waals surface area contributed by atoms with Crippen LogP contribution in [-0.4, -0.2) is 5.78 Å². The van der Waals surface area contributed by atoms with Crippen LogP contribution >= 0.6 is 0 Å². The van der Waals surface area contributed by atoms with Crippen LogP contribution in [-0.2, 0) is 4.79 Å². The first-order chi connectivity index (χ1) is 6.80. The molecule has 2 rings (SSSR count). The van der Waals surface area contributed by atoms with E-state index in [9.17, 15) is 4.79 Å². The number of hydrogen-bond acceptors (Lipinski definition) is 1. The molecule has 1 heteroatoms. The lowest BCUT2D eigenvalue weighted by Gasteiger charge is -2.32. The molecule has 2 aliphatic carbocycles.